The number of aromatic nitrogens is 3. The van der Waals surface area contributed by atoms with Crippen molar-refractivity contribution in [3.05, 3.63) is 55.8 Å². The zero-order chi connectivity index (χ0) is 20.2. The first-order valence-electron chi connectivity index (χ1n) is 9.51. The van der Waals surface area contributed by atoms with Gasteiger partial charge in [-0.25, -0.2) is 4.79 Å². The largest absolute Gasteiger partial charge is 0.370 e. The van der Waals surface area contributed by atoms with Crippen LogP contribution in [0.4, 0.5) is 0 Å². The normalized spacial score (nSPS) is 16.7. The van der Waals surface area contributed by atoms with Crippen LogP contribution in [0.15, 0.2) is 33.9 Å². The first kappa shape index (κ1) is 19.0. The molecule has 0 radical (unpaired) electrons. The fourth-order valence-electron chi connectivity index (χ4n) is 4.18. The molecule has 1 aromatic carbocycles. The Kier molecular flexibility index (Phi) is 4.71. The van der Waals surface area contributed by atoms with Gasteiger partial charge in [-0.15, -0.1) is 0 Å². The summed E-state index contributed by atoms with van der Waals surface area (Å²) in [7, 11) is 3.24. The Morgan fingerprint density at radius 2 is 1.82 bits per heavy atom. The lowest BCUT2D eigenvalue weighted by atomic mass is 10.0. The molecule has 0 aliphatic carbocycles. The minimum Gasteiger partial charge on any atom is -0.370 e. The highest BCUT2D eigenvalue weighted by atomic mass is 35.5. The third kappa shape index (κ3) is 2.83. The van der Waals surface area contributed by atoms with Crippen LogP contribution >= 0.6 is 11.6 Å². The fourth-order valence-corrected chi connectivity index (χ4v) is 4.31. The number of halogens is 1. The lowest BCUT2D eigenvalue weighted by Gasteiger charge is -2.28. The van der Waals surface area contributed by atoms with Crippen molar-refractivity contribution in [2.45, 2.75) is 32.9 Å². The molecule has 0 amide bonds. The van der Waals surface area contributed by atoms with E-state index in [1.807, 2.05) is 24.3 Å². The molecule has 148 valence electrons. The Labute approximate surface area is 167 Å². The molecule has 6 nitrogen and oxygen atoms in total. The van der Waals surface area contributed by atoms with Crippen LogP contribution < -0.4 is 11.2 Å². The molecular formula is C21H24ClN3O3. The number of benzene rings is 1. The van der Waals surface area contributed by atoms with Gasteiger partial charge in [-0.2, -0.15) is 0 Å². The van der Waals surface area contributed by atoms with E-state index in [9.17, 15) is 9.59 Å². The van der Waals surface area contributed by atoms with Crippen LogP contribution in [0, 0.1) is 5.92 Å². The third-order valence-electron chi connectivity index (χ3n) is 5.45. The van der Waals surface area contributed by atoms with Gasteiger partial charge in [0.25, 0.3) is 5.56 Å². The summed E-state index contributed by atoms with van der Waals surface area (Å²) in [5.74, 6) is 0.420. The number of hydrogen-bond donors (Lipinski definition) is 0. The maximum Gasteiger partial charge on any atom is 0.331 e. The minimum absolute atomic E-state index is 0.157. The number of rotatable bonds is 3. The van der Waals surface area contributed by atoms with E-state index >= 15 is 0 Å². The van der Waals surface area contributed by atoms with Crippen molar-refractivity contribution >= 4 is 22.5 Å². The smallest absolute Gasteiger partial charge is 0.331 e. The molecule has 0 spiro atoms. The van der Waals surface area contributed by atoms with Crippen molar-refractivity contribution < 1.29 is 4.74 Å². The van der Waals surface area contributed by atoms with Crippen LogP contribution in [0.2, 0.25) is 5.02 Å². The predicted molar refractivity (Wildman–Crippen MR) is 111 cm³/mol. The van der Waals surface area contributed by atoms with E-state index in [2.05, 4.69) is 18.4 Å². The van der Waals surface area contributed by atoms with Crippen molar-refractivity contribution in [1.82, 2.24) is 13.7 Å². The van der Waals surface area contributed by atoms with Crippen LogP contribution in [0.3, 0.4) is 0 Å². The quantitative estimate of drug-likeness (QED) is 0.675. The van der Waals surface area contributed by atoms with Gasteiger partial charge in [0.15, 0.2) is 0 Å². The van der Waals surface area contributed by atoms with Gasteiger partial charge in [-0.05, 0) is 30.0 Å². The van der Waals surface area contributed by atoms with Crippen molar-refractivity contribution in [3.8, 4) is 11.3 Å². The lowest BCUT2D eigenvalue weighted by Crippen LogP contribution is -2.37. The van der Waals surface area contributed by atoms with E-state index in [1.165, 1.54) is 11.6 Å². The molecule has 1 atom stereocenters. The molecule has 0 N–H and O–H groups in total. The summed E-state index contributed by atoms with van der Waals surface area (Å²) in [5, 5.41) is 1.20. The summed E-state index contributed by atoms with van der Waals surface area (Å²) in [6, 6.07) is 7.48. The second kappa shape index (κ2) is 6.94. The number of ether oxygens (including phenoxy) is 1. The summed E-state index contributed by atoms with van der Waals surface area (Å²) in [6.45, 7) is 5.49. The van der Waals surface area contributed by atoms with E-state index in [1.54, 1.807) is 11.6 Å². The molecule has 7 heteroatoms. The molecule has 28 heavy (non-hydrogen) atoms. The number of fused-ring (bicyclic) bond motifs is 3. The highest BCUT2D eigenvalue weighted by Crippen LogP contribution is 2.40. The van der Waals surface area contributed by atoms with Gasteiger partial charge in [0.05, 0.1) is 35.0 Å². The SMILES string of the molecule is CC(C)CC1OCCn2c(-c3ccc(Cl)cc3)c3c(=O)n(C)c(=O)n(C)c3c21. The zero-order valence-electron chi connectivity index (χ0n) is 16.5. The van der Waals surface area contributed by atoms with Crippen LogP contribution in [-0.2, 0) is 25.4 Å². The third-order valence-corrected chi connectivity index (χ3v) is 5.70. The van der Waals surface area contributed by atoms with Gasteiger partial charge in [0, 0.05) is 25.7 Å². The number of nitrogens with zero attached hydrogens (tertiary/aromatic N) is 3. The summed E-state index contributed by atoms with van der Waals surface area (Å²) in [5.41, 5.74) is 2.70. The van der Waals surface area contributed by atoms with E-state index in [0.717, 1.165) is 23.4 Å². The maximum absolute atomic E-state index is 13.2. The minimum atomic E-state index is -0.331. The van der Waals surface area contributed by atoms with Crippen LogP contribution in [0.5, 0.6) is 0 Å². The molecule has 3 aromatic rings. The Morgan fingerprint density at radius 1 is 1.14 bits per heavy atom. The molecule has 2 aromatic heterocycles. The Balaban J connectivity index is 2.17. The van der Waals surface area contributed by atoms with Crippen molar-refractivity contribution in [1.29, 1.82) is 0 Å². The molecule has 0 fully saturated rings. The molecule has 3 heterocycles. The zero-order valence-corrected chi connectivity index (χ0v) is 17.3. The predicted octanol–water partition coefficient (Wildman–Crippen LogP) is 3.48. The van der Waals surface area contributed by atoms with E-state index in [-0.39, 0.29) is 17.4 Å². The molecule has 1 aliphatic heterocycles. The van der Waals surface area contributed by atoms with Crippen LogP contribution in [0.1, 0.15) is 32.1 Å². The summed E-state index contributed by atoms with van der Waals surface area (Å²) in [4.78, 5) is 25.8. The van der Waals surface area contributed by atoms with Gasteiger partial charge >= 0.3 is 5.69 Å². The molecule has 1 aliphatic rings. The average Bonchev–Trinajstić information content (AvgIpc) is 3.01. The first-order valence-corrected chi connectivity index (χ1v) is 9.88. The topological polar surface area (TPSA) is 58.2 Å². The van der Waals surface area contributed by atoms with Crippen molar-refractivity contribution in [2.75, 3.05) is 6.61 Å². The number of aryl methyl sites for hydroxylation is 1. The van der Waals surface area contributed by atoms with Crippen LogP contribution in [0.25, 0.3) is 22.2 Å². The monoisotopic (exact) mass is 401 g/mol. The Bertz CT molecular complexity index is 1170. The molecule has 1 unspecified atom stereocenters. The second-order valence-corrected chi connectivity index (χ2v) is 8.25. The molecule has 0 bridgehead atoms. The summed E-state index contributed by atoms with van der Waals surface area (Å²) < 4.78 is 11.0. The van der Waals surface area contributed by atoms with Gasteiger partial charge < -0.3 is 9.30 Å². The highest BCUT2D eigenvalue weighted by Gasteiger charge is 2.32. The molecule has 4 rings (SSSR count). The standard InChI is InChI=1S/C21H24ClN3O3/c1-12(2)11-15-18-19-16(20(26)24(4)21(27)23(19)3)17(25(18)9-10-28-15)13-5-7-14(22)8-6-13/h5-8,12,15H,9-11H2,1-4H3. The molecular weight excluding hydrogens is 378 g/mol. The average molecular weight is 402 g/mol. The molecule has 0 saturated heterocycles. The molecule has 0 saturated carbocycles. The summed E-state index contributed by atoms with van der Waals surface area (Å²) in [6.07, 6.45) is 0.665. The van der Waals surface area contributed by atoms with E-state index < -0.39 is 0 Å². The Morgan fingerprint density at radius 3 is 2.46 bits per heavy atom. The highest BCUT2D eigenvalue weighted by molar-refractivity contribution is 6.30. The van der Waals surface area contributed by atoms with E-state index in [0.29, 0.717) is 35.0 Å². The number of hydrogen-bond acceptors (Lipinski definition) is 3. The van der Waals surface area contributed by atoms with E-state index in [4.69, 9.17) is 16.3 Å². The van der Waals surface area contributed by atoms with Crippen molar-refractivity contribution in [2.24, 2.45) is 20.0 Å². The fraction of sp³-hybridized carbons (Fsp3) is 0.429. The van der Waals surface area contributed by atoms with Gasteiger partial charge in [0.1, 0.15) is 0 Å². The van der Waals surface area contributed by atoms with Gasteiger partial charge in [-0.3, -0.25) is 13.9 Å². The van der Waals surface area contributed by atoms with Gasteiger partial charge in [0.2, 0.25) is 0 Å². The van der Waals surface area contributed by atoms with Gasteiger partial charge in [-0.1, -0.05) is 37.6 Å². The Hall–Kier alpha value is -2.31. The lowest BCUT2D eigenvalue weighted by molar-refractivity contribution is 0.00924. The van der Waals surface area contributed by atoms with Crippen LogP contribution in [-0.4, -0.2) is 20.3 Å². The second-order valence-electron chi connectivity index (χ2n) is 7.81. The van der Waals surface area contributed by atoms with Crippen molar-refractivity contribution in [3.63, 3.8) is 0 Å². The summed E-state index contributed by atoms with van der Waals surface area (Å²) >= 11 is 6.08. The maximum atomic E-state index is 13.2. The first-order chi connectivity index (χ1) is 13.3.